The Kier molecular flexibility index (Phi) is 4.61. The van der Waals surface area contributed by atoms with E-state index in [1.54, 1.807) is 7.11 Å². The molecule has 0 aromatic heterocycles. The predicted octanol–water partition coefficient (Wildman–Crippen LogP) is 2.33. The molecule has 1 aromatic carbocycles. The van der Waals surface area contributed by atoms with Crippen LogP contribution < -0.4 is 10.2 Å². The van der Waals surface area contributed by atoms with Gasteiger partial charge in [-0.15, -0.1) is 0 Å². The molecule has 100 valence electrons. The highest BCUT2D eigenvalue weighted by molar-refractivity contribution is 5.54. The van der Waals surface area contributed by atoms with Gasteiger partial charge in [-0.1, -0.05) is 17.7 Å². The number of nitrogens with one attached hydrogen (secondary N) is 1. The van der Waals surface area contributed by atoms with Crippen LogP contribution in [0.3, 0.4) is 0 Å². The van der Waals surface area contributed by atoms with Gasteiger partial charge in [-0.25, -0.2) is 0 Å². The maximum Gasteiger partial charge on any atom is 0.0637 e. The molecule has 1 aliphatic carbocycles. The van der Waals surface area contributed by atoms with Crippen LogP contribution in [0.1, 0.15) is 24.0 Å². The first kappa shape index (κ1) is 13.4. The summed E-state index contributed by atoms with van der Waals surface area (Å²) in [7, 11) is 3.88. The lowest BCUT2D eigenvalue weighted by molar-refractivity contribution is 0.206. The van der Waals surface area contributed by atoms with Crippen LogP contribution in [-0.4, -0.2) is 33.4 Å². The molecule has 1 fully saturated rings. The van der Waals surface area contributed by atoms with Crippen molar-refractivity contribution in [2.24, 2.45) is 0 Å². The van der Waals surface area contributed by atoms with Crippen LogP contribution in [0.2, 0.25) is 0 Å². The summed E-state index contributed by atoms with van der Waals surface area (Å²) in [5, 5.41) is 3.59. The van der Waals surface area contributed by atoms with Crippen LogP contribution in [0.25, 0.3) is 0 Å². The van der Waals surface area contributed by atoms with Gasteiger partial charge in [0.05, 0.1) is 6.61 Å². The van der Waals surface area contributed by atoms with Gasteiger partial charge in [0, 0.05) is 39.0 Å². The third-order valence-corrected chi connectivity index (χ3v) is 3.44. The van der Waals surface area contributed by atoms with E-state index in [2.05, 4.69) is 42.4 Å². The van der Waals surface area contributed by atoms with E-state index in [1.165, 1.54) is 29.7 Å². The molecule has 1 aliphatic rings. The van der Waals surface area contributed by atoms with Crippen molar-refractivity contribution in [2.75, 3.05) is 32.2 Å². The maximum atomic E-state index is 5.15. The van der Waals surface area contributed by atoms with Gasteiger partial charge in [0.2, 0.25) is 0 Å². The molecule has 2 rings (SSSR count). The number of anilines is 1. The summed E-state index contributed by atoms with van der Waals surface area (Å²) in [6, 6.07) is 7.44. The number of hydrogen-bond donors (Lipinski definition) is 1. The number of likely N-dealkylation sites (N-methyl/N-ethyl adjacent to an activating group) is 1. The highest BCUT2D eigenvalue weighted by Gasteiger charge is 2.20. The van der Waals surface area contributed by atoms with E-state index in [-0.39, 0.29) is 0 Å². The lowest BCUT2D eigenvalue weighted by Crippen LogP contribution is -2.25. The molecular weight excluding hydrogens is 224 g/mol. The van der Waals surface area contributed by atoms with Gasteiger partial charge in [-0.3, -0.25) is 0 Å². The Balaban J connectivity index is 2.05. The minimum Gasteiger partial charge on any atom is -0.383 e. The van der Waals surface area contributed by atoms with Crippen molar-refractivity contribution >= 4 is 5.69 Å². The molecule has 1 aromatic rings. The molecule has 3 heteroatoms. The van der Waals surface area contributed by atoms with E-state index in [4.69, 9.17) is 4.74 Å². The van der Waals surface area contributed by atoms with Crippen molar-refractivity contribution in [1.29, 1.82) is 0 Å². The Morgan fingerprint density at radius 1 is 1.39 bits per heavy atom. The van der Waals surface area contributed by atoms with Gasteiger partial charge < -0.3 is 15.0 Å². The molecule has 3 nitrogen and oxygen atoms in total. The minimum absolute atomic E-state index is 0.752. The average Bonchev–Trinajstić information content (AvgIpc) is 3.17. The Labute approximate surface area is 110 Å². The van der Waals surface area contributed by atoms with E-state index in [9.17, 15) is 0 Å². The molecule has 0 unspecified atom stereocenters. The lowest BCUT2D eigenvalue weighted by Gasteiger charge is -2.23. The second-order valence-electron chi connectivity index (χ2n) is 5.20. The van der Waals surface area contributed by atoms with Gasteiger partial charge in [0.15, 0.2) is 0 Å². The second kappa shape index (κ2) is 6.21. The molecule has 18 heavy (non-hydrogen) atoms. The molecule has 0 bridgehead atoms. The van der Waals surface area contributed by atoms with Gasteiger partial charge in [-0.2, -0.15) is 0 Å². The monoisotopic (exact) mass is 248 g/mol. The number of rotatable bonds is 7. The van der Waals surface area contributed by atoms with E-state index >= 15 is 0 Å². The smallest absolute Gasteiger partial charge is 0.0637 e. The average molecular weight is 248 g/mol. The Hall–Kier alpha value is -1.06. The fourth-order valence-corrected chi connectivity index (χ4v) is 2.12. The summed E-state index contributed by atoms with van der Waals surface area (Å²) in [6.45, 7) is 4.81. The quantitative estimate of drug-likeness (QED) is 0.801. The normalized spacial score (nSPS) is 14.8. The summed E-state index contributed by atoms with van der Waals surface area (Å²) in [6.07, 6.45) is 2.67. The molecular formula is C15H24N2O. The topological polar surface area (TPSA) is 24.5 Å². The lowest BCUT2D eigenvalue weighted by atomic mass is 10.1. The van der Waals surface area contributed by atoms with E-state index in [0.29, 0.717) is 0 Å². The van der Waals surface area contributed by atoms with Crippen molar-refractivity contribution in [1.82, 2.24) is 5.32 Å². The summed E-state index contributed by atoms with van der Waals surface area (Å²) in [5.74, 6) is 0. The molecule has 0 atom stereocenters. The zero-order valence-electron chi connectivity index (χ0n) is 11.7. The van der Waals surface area contributed by atoms with Crippen molar-refractivity contribution < 1.29 is 4.74 Å². The van der Waals surface area contributed by atoms with Crippen LogP contribution in [0.4, 0.5) is 5.69 Å². The van der Waals surface area contributed by atoms with Gasteiger partial charge in [-0.05, 0) is 31.4 Å². The first-order valence-electron chi connectivity index (χ1n) is 6.73. The first-order chi connectivity index (χ1) is 8.70. The zero-order chi connectivity index (χ0) is 13.0. The third-order valence-electron chi connectivity index (χ3n) is 3.44. The Morgan fingerprint density at radius 2 is 2.17 bits per heavy atom. The van der Waals surface area contributed by atoms with Crippen molar-refractivity contribution in [3.8, 4) is 0 Å². The fourth-order valence-electron chi connectivity index (χ4n) is 2.12. The molecule has 0 saturated heterocycles. The minimum atomic E-state index is 0.752. The van der Waals surface area contributed by atoms with Gasteiger partial charge in [0.25, 0.3) is 0 Å². The van der Waals surface area contributed by atoms with Crippen molar-refractivity contribution in [3.63, 3.8) is 0 Å². The SMILES string of the molecule is COCCN(C)c1ccc(C)cc1CNC1CC1. The Bertz CT molecular complexity index is 388. The number of aryl methyl sites for hydroxylation is 1. The largest absolute Gasteiger partial charge is 0.383 e. The van der Waals surface area contributed by atoms with Crippen molar-refractivity contribution in [3.05, 3.63) is 29.3 Å². The fraction of sp³-hybridized carbons (Fsp3) is 0.600. The van der Waals surface area contributed by atoms with E-state index < -0.39 is 0 Å². The zero-order valence-corrected chi connectivity index (χ0v) is 11.7. The number of ether oxygens (including phenoxy) is 1. The van der Waals surface area contributed by atoms with Gasteiger partial charge in [0.1, 0.15) is 0 Å². The summed E-state index contributed by atoms with van der Waals surface area (Å²) >= 11 is 0. The third kappa shape index (κ3) is 3.72. The number of nitrogens with zero attached hydrogens (tertiary/aromatic N) is 1. The summed E-state index contributed by atoms with van der Waals surface area (Å²) in [4.78, 5) is 2.27. The highest BCUT2D eigenvalue weighted by Crippen LogP contribution is 2.24. The molecule has 1 N–H and O–H groups in total. The van der Waals surface area contributed by atoms with Crippen molar-refractivity contribution in [2.45, 2.75) is 32.4 Å². The number of hydrogen-bond acceptors (Lipinski definition) is 3. The molecule has 0 aliphatic heterocycles. The summed E-state index contributed by atoms with van der Waals surface area (Å²) in [5.41, 5.74) is 4.03. The maximum absolute atomic E-state index is 5.15. The predicted molar refractivity (Wildman–Crippen MR) is 76.2 cm³/mol. The molecule has 0 amide bonds. The van der Waals surface area contributed by atoms with Crippen LogP contribution in [-0.2, 0) is 11.3 Å². The Morgan fingerprint density at radius 3 is 2.83 bits per heavy atom. The first-order valence-corrected chi connectivity index (χ1v) is 6.73. The standard InChI is InChI=1S/C15H24N2O/c1-12-4-7-15(17(2)8-9-18-3)13(10-12)11-16-14-5-6-14/h4,7,10,14,16H,5-6,8-9,11H2,1-3H3. The van der Waals surface area contributed by atoms with Gasteiger partial charge >= 0.3 is 0 Å². The summed E-state index contributed by atoms with van der Waals surface area (Å²) < 4.78 is 5.15. The number of methoxy groups -OCH3 is 1. The van der Waals surface area contributed by atoms with Crippen LogP contribution in [0.15, 0.2) is 18.2 Å². The highest BCUT2D eigenvalue weighted by atomic mass is 16.5. The second-order valence-corrected chi connectivity index (χ2v) is 5.20. The molecule has 0 radical (unpaired) electrons. The van der Waals surface area contributed by atoms with Crippen LogP contribution in [0.5, 0.6) is 0 Å². The van der Waals surface area contributed by atoms with Crippen LogP contribution >= 0.6 is 0 Å². The molecule has 0 spiro atoms. The van der Waals surface area contributed by atoms with Crippen LogP contribution in [0, 0.1) is 6.92 Å². The molecule has 1 saturated carbocycles. The molecule has 0 heterocycles. The van der Waals surface area contributed by atoms with E-state index in [1.807, 2.05) is 0 Å². The van der Waals surface area contributed by atoms with E-state index in [0.717, 1.165) is 25.7 Å². The number of benzene rings is 1.